The van der Waals surface area contributed by atoms with Crippen LogP contribution in [0.25, 0.3) is 6.08 Å². The quantitative estimate of drug-likeness (QED) is 0.405. The maximum absolute atomic E-state index is 12.6. The van der Waals surface area contributed by atoms with Crippen LogP contribution in [0, 0.1) is 30.1 Å². The SMILES string of the molecule is Cc1nn(Cc2ccccc2)c(Cl)c1/C=C/C(=O)OCC(=O)NC(C)C12CC3CC(CC(C3)C1)C2. The number of rotatable bonds is 8. The highest BCUT2D eigenvalue weighted by Gasteiger charge is 2.53. The fourth-order valence-corrected chi connectivity index (χ4v) is 7.40. The Balaban J connectivity index is 1.13. The minimum Gasteiger partial charge on any atom is -0.452 e. The predicted octanol–water partition coefficient (Wildman–Crippen LogP) is 5.17. The normalized spacial score (nSPS) is 27.8. The Kier molecular flexibility index (Phi) is 6.75. The highest BCUT2D eigenvalue weighted by atomic mass is 35.5. The van der Waals surface area contributed by atoms with E-state index in [1.807, 2.05) is 37.3 Å². The van der Waals surface area contributed by atoms with Crippen LogP contribution in [0.2, 0.25) is 5.15 Å². The summed E-state index contributed by atoms with van der Waals surface area (Å²) in [6.07, 6.45) is 10.7. The maximum Gasteiger partial charge on any atom is 0.331 e. The van der Waals surface area contributed by atoms with Gasteiger partial charge in [-0.25, -0.2) is 9.48 Å². The number of aromatic nitrogens is 2. The molecule has 6 nitrogen and oxygen atoms in total. The number of aryl methyl sites for hydroxylation is 1. The molecule has 0 radical (unpaired) electrons. The third kappa shape index (κ3) is 5.18. The van der Waals surface area contributed by atoms with Crippen LogP contribution in [0.5, 0.6) is 0 Å². The minimum absolute atomic E-state index is 0.106. The Hall–Kier alpha value is -2.60. The number of benzene rings is 1. The van der Waals surface area contributed by atoms with Crippen molar-refractivity contribution in [2.45, 2.75) is 65.0 Å². The van der Waals surface area contributed by atoms with E-state index in [2.05, 4.69) is 17.3 Å². The molecule has 1 atom stereocenters. The van der Waals surface area contributed by atoms with Crippen LogP contribution in [-0.4, -0.2) is 34.3 Å². The average molecular weight is 496 g/mol. The molecule has 1 unspecified atom stereocenters. The van der Waals surface area contributed by atoms with Crippen molar-refractivity contribution < 1.29 is 14.3 Å². The summed E-state index contributed by atoms with van der Waals surface area (Å²) in [4.78, 5) is 24.9. The second-order valence-electron chi connectivity index (χ2n) is 10.9. The van der Waals surface area contributed by atoms with Crippen LogP contribution in [0.4, 0.5) is 0 Å². The first-order chi connectivity index (χ1) is 16.8. The molecule has 1 aromatic carbocycles. The summed E-state index contributed by atoms with van der Waals surface area (Å²) in [5, 5.41) is 8.08. The number of carbonyl (C=O) groups is 2. The molecule has 0 aliphatic heterocycles. The van der Waals surface area contributed by atoms with Crippen LogP contribution in [-0.2, 0) is 20.9 Å². The van der Waals surface area contributed by atoms with Crippen LogP contribution in [0.1, 0.15) is 62.3 Å². The molecule has 2 aromatic rings. The average Bonchev–Trinajstić information content (AvgIpc) is 3.08. The summed E-state index contributed by atoms with van der Waals surface area (Å²) in [5.74, 6) is 1.68. The highest BCUT2D eigenvalue weighted by molar-refractivity contribution is 6.31. The lowest BCUT2D eigenvalue weighted by molar-refractivity contribution is -0.145. The van der Waals surface area contributed by atoms with Gasteiger partial charge in [0.2, 0.25) is 0 Å². The van der Waals surface area contributed by atoms with E-state index in [0.29, 0.717) is 17.3 Å². The van der Waals surface area contributed by atoms with Gasteiger partial charge in [0, 0.05) is 17.7 Å². The van der Waals surface area contributed by atoms with Crippen molar-refractivity contribution in [2.75, 3.05) is 6.61 Å². The topological polar surface area (TPSA) is 73.2 Å². The molecule has 4 fully saturated rings. The Labute approximate surface area is 212 Å². The standard InChI is InChI=1S/C28H34ClN3O3/c1-18-24(27(29)32(31-18)16-20-6-4-3-5-7-20)8-9-26(34)35-17-25(33)30-19(2)28-13-21-10-22(14-28)12-23(11-21)15-28/h3-9,19,21-23H,10-17H2,1-2H3,(H,30,33)/b9-8+. The first kappa shape index (κ1) is 24.1. The van der Waals surface area contributed by atoms with Gasteiger partial charge in [0.25, 0.3) is 5.91 Å². The van der Waals surface area contributed by atoms with Gasteiger partial charge in [0.05, 0.1) is 12.2 Å². The van der Waals surface area contributed by atoms with E-state index < -0.39 is 5.97 Å². The lowest BCUT2D eigenvalue weighted by atomic mass is 9.48. The number of amides is 1. The number of hydrogen-bond acceptors (Lipinski definition) is 4. The molecule has 4 aliphatic rings. The van der Waals surface area contributed by atoms with E-state index >= 15 is 0 Å². The Morgan fingerprint density at radius 2 is 1.80 bits per heavy atom. The molecule has 186 valence electrons. The molecule has 35 heavy (non-hydrogen) atoms. The van der Waals surface area contributed by atoms with Crippen molar-refractivity contribution >= 4 is 29.6 Å². The summed E-state index contributed by atoms with van der Waals surface area (Å²) in [6.45, 7) is 4.24. The van der Waals surface area contributed by atoms with Gasteiger partial charge in [-0.1, -0.05) is 41.9 Å². The molecule has 4 bridgehead atoms. The zero-order valence-corrected chi connectivity index (χ0v) is 21.3. The Bertz CT molecular complexity index is 1090. The number of esters is 1. The molecular weight excluding hydrogens is 462 g/mol. The number of halogens is 1. The van der Waals surface area contributed by atoms with Crippen LogP contribution < -0.4 is 5.32 Å². The van der Waals surface area contributed by atoms with Crippen molar-refractivity contribution in [3.05, 3.63) is 58.4 Å². The zero-order chi connectivity index (χ0) is 24.6. The summed E-state index contributed by atoms with van der Waals surface area (Å²) in [7, 11) is 0. The Morgan fingerprint density at radius 3 is 2.43 bits per heavy atom. The fourth-order valence-electron chi connectivity index (χ4n) is 7.10. The van der Waals surface area contributed by atoms with E-state index in [4.69, 9.17) is 16.3 Å². The smallest absolute Gasteiger partial charge is 0.331 e. The van der Waals surface area contributed by atoms with Gasteiger partial charge < -0.3 is 10.1 Å². The molecule has 1 aromatic heterocycles. The molecular formula is C28H34ClN3O3. The second-order valence-corrected chi connectivity index (χ2v) is 11.3. The van der Waals surface area contributed by atoms with Gasteiger partial charge in [-0.3, -0.25) is 4.79 Å². The van der Waals surface area contributed by atoms with Gasteiger partial charge in [-0.05, 0) is 87.2 Å². The molecule has 1 N–H and O–H groups in total. The van der Waals surface area contributed by atoms with Crippen LogP contribution >= 0.6 is 11.6 Å². The molecule has 4 aliphatic carbocycles. The van der Waals surface area contributed by atoms with Crippen molar-refractivity contribution in [1.29, 1.82) is 0 Å². The lowest BCUT2D eigenvalue weighted by Crippen LogP contribution is -2.56. The van der Waals surface area contributed by atoms with E-state index in [0.717, 1.165) is 29.0 Å². The molecule has 4 saturated carbocycles. The third-order valence-electron chi connectivity index (χ3n) is 8.40. The number of nitrogens with one attached hydrogen (secondary N) is 1. The van der Waals surface area contributed by atoms with E-state index in [-0.39, 0.29) is 24.0 Å². The van der Waals surface area contributed by atoms with Crippen molar-refractivity contribution in [3.63, 3.8) is 0 Å². The largest absolute Gasteiger partial charge is 0.452 e. The van der Waals surface area contributed by atoms with Gasteiger partial charge in [0.1, 0.15) is 5.15 Å². The number of hydrogen-bond donors (Lipinski definition) is 1. The fraction of sp³-hybridized carbons (Fsp3) is 0.536. The van der Waals surface area contributed by atoms with E-state index in [9.17, 15) is 9.59 Å². The summed E-state index contributed by atoms with van der Waals surface area (Å²) in [5.41, 5.74) is 2.69. The molecule has 7 heteroatoms. The van der Waals surface area contributed by atoms with Gasteiger partial charge in [-0.2, -0.15) is 5.10 Å². The lowest BCUT2D eigenvalue weighted by Gasteiger charge is -2.59. The van der Waals surface area contributed by atoms with Crippen molar-refractivity contribution in [1.82, 2.24) is 15.1 Å². The predicted molar refractivity (Wildman–Crippen MR) is 136 cm³/mol. The highest BCUT2D eigenvalue weighted by Crippen LogP contribution is 2.61. The van der Waals surface area contributed by atoms with Crippen molar-refractivity contribution in [3.8, 4) is 0 Å². The van der Waals surface area contributed by atoms with Crippen molar-refractivity contribution in [2.24, 2.45) is 23.2 Å². The molecule has 6 rings (SSSR count). The van der Waals surface area contributed by atoms with Crippen LogP contribution in [0.3, 0.4) is 0 Å². The van der Waals surface area contributed by atoms with Gasteiger partial charge in [-0.15, -0.1) is 0 Å². The van der Waals surface area contributed by atoms with E-state index in [1.54, 1.807) is 10.8 Å². The molecule has 1 heterocycles. The number of carbonyl (C=O) groups excluding carboxylic acids is 2. The Morgan fingerprint density at radius 1 is 1.17 bits per heavy atom. The first-order valence-corrected chi connectivity index (χ1v) is 13.1. The maximum atomic E-state index is 12.6. The first-order valence-electron chi connectivity index (χ1n) is 12.7. The summed E-state index contributed by atoms with van der Waals surface area (Å²) in [6, 6.07) is 10.0. The second kappa shape index (κ2) is 9.81. The van der Waals surface area contributed by atoms with Gasteiger partial charge in [0.15, 0.2) is 6.61 Å². The minimum atomic E-state index is -0.575. The summed E-state index contributed by atoms with van der Waals surface area (Å²) >= 11 is 6.51. The molecule has 1 amide bonds. The van der Waals surface area contributed by atoms with Gasteiger partial charge >= 0.3 is 5.97 Å². The number of ether oxygens (including phenoxy) is 1. The molecule has 0 saturated heterocycles. The van der Waals surface area contributed by atoms with Crippen LogP contribution in [0.15, 0.2) is 36.4 Å². The van der Waals surface area contributed by atoms with E-state index in [1.165, 1.54) is 44.6 Å². The monoisotopic (exact) mass is 495 g/mol. The summed E-state index contributed by atoms with van der Waals surface area (Å²) < 4.78 is 6.92. The molecule has 0 spiro atoms. The number of nitrogens with zero attached hydrogens (tertiary/aromatic N) is 2. The third-order valence-corrected chi connectivity index (χ3v) is 8.80. The zero-order valence-electron chi connectivity index (χ0n) is 20.5.